The maximum absolute atomic E-state index is 5.94. The summed E-state index contributed by atoms with van der Waals surface area (Å²) in [7, 11) is 0. The fourth-order valence-electron chi connectivity index (χ4n) is 2.55. The van der Waals surface area contributed by atoms with Gasteiger partial charge in [-0.3, -0.25) is 4.98 Å². The molecule has 0 spiro atoms. The van der Waals surface area contributed by atoms with E-state index >= 15 is 0 Å². The number of ether oxygens (including phenoxy) is 1. The van der Waals surface area contributed by atoms with Gasteiger partial charge in [-0.05, 0) is 24.3 Å². The van der Waals surface area contributed by atoms with Crippen molar-refractivity contribution in [2.45, 2.75) is 6.04 Å². The molecule has 0 bridgehead atoms. The van der Waals surface area contributed by atoms with Gasteiger partial charge in [0.15, 0.2) is 0 Å². The molecule has 6 heteroatoms. The topological polar surface area (TPSA) is 37.4 Å². The molecule has 0 radical (unpaired) electrons. The van der Waals surface area contributed by atoms with E-state index in [2.05, 4.69) is 55.4 Å². The molecule has 1 N–H and O–H groups in total. The molecule has 1 aliphatic rings. The van der Waals surface area contributed by atoms with E-state index in [-0.39, 0.29) is 6.04 Å². The number of piperazine rings is 1. The zero-order valence-electron chi connectivity index (χ0n) is 12.0. The smallest absolute Gasteiger partial charge is 0.139 e. The van der Waals surface area contributed by atoms with Crippen molar-refractivity contribution in [2.75, 3.05) is 31.1 Å². The molecule has 0 saturated carbocycles. The third-order valence-electron chi connectivity index (χ3n) is 3.63. The van der Waals surface area contributed by atoms with Gasteiger partial charge in [-0.25, -0.2) is 0 Å². The van der Waals surface area contributed by atoms with Gasteiger partial charge in [0.05, 0.1) is 17.3 Å². The molecule has 0 amide bonds. The molecule has 116 valence electrons. The predicted octanol–water partition coefficient (Wildman–Crippen LogP) is 3.35. The zero-order valence-corrected chi connectivity index (χ0v) is 14.3. The Labute approximate surface area is 143 Å². The van der Waals surface area contributed by atoms with Crippen molar-refractivity contribution in [3.05, 3.63) is 52.2 Å². The lowest BCUT2D eigenvalue weighted by Gasteiger charge is -2.37. The van der Waals surface area contributed by atoms with E-state index in [0.29, 0.717) is 17.4 Å². The van der Waals surface area contributed by atoms with Gasteiger partial charge >= 0.3 is 0 Å². The summed E-state index contributed by atoms with van der Waals surface area (Å²) in [5.74, 6) is 0.703. The van der Waals surface area contributed by atoms with Crippen LogP contribution in [0.1, 0.15) is 0 Å². The molecule has 2 heterocycles. The van der Waals surface area contributed by atoms with Crippen molar-refractivity contribution in [3.8, 4) is 5.75 Å². The Morgan fingerprint density at radius 3 is 2.91 bits per heavy atom. The summed E-state index contributed by atoms with van der Waals surface area (Å²) in [5, 5.41) is 4.01. The summed E-state index contributed by atoms with van der Waals surface area (Å²) in [6.45, 7) is 3.42. The Bertz CT molecular complexity index is 623. The molecular weight excluding hydrogens is 366 g/mol. The minimum absolute atomic E-state index is 0.272. The van der Waals surface area contributed by atoms with E-state index in [1.165, 1.54) is 5.69 Å². The molecule has 1 aliphatic heterocycles. The molecule has 22 heavy (non-hydrogen) atoms. The van der Waals surface area contributed by atoms with Crippen LogP contribution in [0.5, 0.6) is 5.75 Å². The number of aromatic nitrogens is 1. The molecule has 1 atom stereocenters. The van der Waals surface area contributed by atoms with E-state index in [1.54, 1.807) is 18.5 Å². The average Bonchev–Trinajstić information content (AvgIpc) is 2.54. The highest BCUT2D eigenvalue weighted by molar-refractivity contribution is 9.10. The maximum atomic E-state index is 5.94. The van der Waals surface area contributed by atoms with Crippen molar-refractivity contribution < 1.29 is 4.74 Å². The van der Waals surface area contributed by atoms with E-state index in [9.17, 15) is 0 Å². The molecule has 1 unspecified atom stereocenters. The Balaban J connectivity index is 1.68. The lowest BCUT2D eigenvalue weighted by atomic mass is 10.1. The monoisotopic (exact) mass is 381 g/mol. The van der Waals surface area contributed by atoms with Crippen molar-refractivity contribution >= 4 is 33.2 Å². The largest absolute Gasteiger partial charge is 0.490 e. The molecule has 4 nitrogen and oxygen atoms in total. The van der Waals surface area contributed by atoms with Crippen LogP contribution in [-0.4, -0.2) is 37.3 Å². The van der Waals surface area contributed by atoms with E-state index in [4.69, 9.17) is 16.3 Å². The summed E-state index contributed by atoms with van der Waals surface area (Å²) in [5.41, 5.74) is 1.21. The second kappa shape index (κ2) is 7.31. The first kappa shape index (κ1) is 15.6. The first-order chi connectivity index (χ1) is 10.7. The maximum Gasteiger partial charge on any atom is 0.139 e. The number of hydrogen-bond donors (Lipinski definition) is 1. The van der Waals surface area contributed by atoms with Gasteiger partial charge in [-0.15, -0.1) is 0 Å². The number of hydrogen-bond acceptors (Lipinski definition) is 4. The quantitative estimate of drug-likeness (QED) is 0.880. The summed E-state index contributed by atoms with van der Waals surface area (Å²) in [4.78, 5) is 6.42. The Morgan fingerprint density at radius 1 is 1.32 bits per heavy atom. The standard InChI is InChI=1S/C16H17BrClN3O/c17-12-1-3-14(4-2-12)21-6-5-19-9-15(21)11-22-16-7-13(18)8-20-10-16/h1-4,7-8,10,15,19H,5-6,9,11H2. The zero-order chi connectivity index (χ0) is 15.4. The van der Waals surface area contributed by atoms with Crippen molar-refractivity contribution in [2.24, 2.45) is 0 Å². The highest BCUT2D eigenvalue weighted by Crippen LogP contribution is 2.22. The van der Waals surface area contributed by atoms with Gasteiger partial charge in [0.1, 0.15) is 12.4 Å². The van der Waals surface area contributed by atoms with Crippen molar-refractivity contribution in [1.29, 1.82) is 0 Å². The van der Waals surface area contributed by atoms with Gasteiger partial charge < -0.3 is 15.0 Å². The van der Waals surface area contributed by atoms with Crippen LogP contribution in [0.4, 0.5) is 5.69 Å². The summed E-state index contributed by atoms with van der Waals surface area (Å²) < 4.78 is 6.95. The van der Waals surface area contributed by atoms with Crippen LogP contribution in [0.25, 0.3) is 0 Å². The first-order valence-electron chi connectivity index (χ1n) is 7.18. The average molecular weight is 383 g/mol. The summed E-state index contributed by atoms with van der Waals surface area (Å²) >= 11 is 9.41. The predicted molar refractivity (Wildman–Crippen MR) is 92.9 cm³/mol. The Kier molecular flexibility index (Phi) is 5.18. The molecule has 0 aliphatic carbocycles. The summed E-state index contributed by atoms with van der Waals surface area (Å²) in [6.07, 6.45) is 3.29. The molecule has 2 aromatic rings. The number of nitrogens with zero attached hydrogens (tertiary/aromatic N) is 2. The second-order valence-electron chi connectivity index (χ2n) is 5.18. The normalized spacial score (nSPS) is 18.3. The van der Waals surface area contributed by atoms with Crippen LogP contribution >= 0.6 is 27.5 Å². The van der Waals surface area contributed by atoms with Gasteiger partial charge in [-0.1, -0.05) is 27.5 Å². The van der Waals surface area contributed by atoms with Gasteiger partial charge in [-0.2, -0.15) is 0 Å². The molecular formula is C16H17BrClN3O. The summed E-state index contributed by atoms with van der Waals surface area (Å²) in [6, 6.07) is 10.4. The molecule has 1 fully saturated rings. The Morgan fingerprint density at radius 2 is 2.14 bits per heavy atom. The van der Waals surface area contributed by atoms with Crippen molar-refractivity contribution in [1.82, 2.24) is 10.3 Å². The highest BCUT2D eigenvalue weighted by atomic mass is 79.9. The fraction of sp³-hybridized carbons (Fsp3) is 0.312. The number of rotatable bonds is 4. The second-order valence-corrected chi connectivity index (χ2v) is 6.53. The van der Waals surface area contributed by atoms with E-state index < -0.39 is 0 Å². The van der Waals surface area contributed by atoms with Gasteiger partial charge in [0.25, 0.3) is 0 Å². The molecule has 1 saturated heterocycles. The van der Waals surface area contributed by atoms with Gasteiger partial charge in [0.2, 0.25) is 0 Å². The minimum Gasteiger partial charge on any atom is -0.490 e. The lowest BCUT2D eigenvalue weighted by molar-refractivity contribution is 0.266. The number of benzene rings is 1. The number of halogens is 2. The molecule has 1 aromatic carbocycles. The SMILES string of the molecule is Clc1cncc(OCC2CNCCN2c2ccc(Br)cc2)c1. The van der Waals surface area contributed by atoms with E-state index in [0.717, 1.165) is 24.1 Å². The number of nitrogens with one attached hydrogen (secondary N) is 1. The van der Waals surface area contributed by atoms with Crippen LogP contribution in [0.15, 0.2) is 47.2 Å². The van der Waals surface area contributed by atoms with Crippen LogP contribution < -0.4 is 15.0 Å². The van der Waals surface area contributed by atoms with E-state index in [1.807, 2.05) is 0 Å². The first-order valence-corrected chi connectivity index (χ1v) is 8.36. The minimum atomic E-state index is 0.272. The van der Waals surface area contributed by atoms with Crippen LogP contribution in [0.3, 0.4) is 0 Å². The Hall–Kier alpha value is -1.30. The highest BCUT2D eigenvalue weighted by Gasteiger charge is 2.23. The van der Waals surface area contributed by atoms with Gasteiger partial charge in [0, 0.05) is 42.1 Å². The van der Waals surface area contributed by atoms with Crippen LogP contribution in [0.2, 0.25) is 5.02 Å². The third-order valence-corrected chi connectivity index (χ3v) is 4.37. The third kappa shape index (κ3) is 3.91. The molecule has 3 rings (SSSR count). The number of pyridine rings is 1. The fourth-order valence-corrected chi connectivity index (χ4v) is 2.97. The van der Waals surface area contributed by atoms with Crippen LogP contribution in [0, 0.1) is 0 Å². The molecule has 1 aromatic heterocycles. The lowest BCUT2D eigenvalue weighted by Crippen LogP contribution is -2.54. The van der Waals surface area contributed by atoms with Crippen molar-refractivity contribution in [3.63, 3.8) is 0 Å². The van der Waals surface area contributed by atoms with Crippen LogP contribution in [-0.2, 0) is 0 Å². The number of anilines is 1.